The van der Waals surface area contributed by atoms with Crippen LogP contribution in [0.1, 0.15) is 31.9 Å². The van der Waals surface area contributed by atoms with Crippen molar-refractivity contribution in [3.63, 3.8) is 0 Å². The summed E-state index contributed by atoms with van der Waals surface area (Å²) in [5, 5.41) is 0. The third kappa shape index (κ3) is 6.10. The zero-order valence-electron chi connectivity index (χ0n) is 19.7. The van der Waals surface area contributed by atoms with Gasteiger partial charge in [0, 0.05) is 22.6 Å². The van der Waals surface area contributed by atoms with Crippen molar-refractivity contribution in [1.29, 1.82) is 0 Å². The topological polar surface area (TPSA) is 55.8 Å². The second kappa shape index (κ2) is 10.2. The van der Waals surface area contributed by atoms with E-state index in [1.54, 1.807) is 45.0 Å². The van der Waals surface area contributed by atoms with Gasteiger partial charge in [-0.2, -0.15) is 0 Å². The van der Waals surface area contributed by atoms with Gasteiger partial charge in [0.2, 0.25) is 0 Å². The van der Waals surface area contributed by atoms with Crippen molar-refractivity contribution >= 4 is 29.0 Å². The Morgan fingerprint density at radius 3 is 1.64 bits per heavy atom. The molecule has 0 atom stereocenters. The zero-order valence-corrected chi connectivity index (χ0v) is 19.7. The minimum Gasteiger partial charge on any atom is -0.426 e. The average molecular weight is 444 g/mol. The Morgan fingerprint density at radius 2 is 1.21 bits per heavy atom. The van der Waals surface area contributed by atoms with Crippen LogP contribution in [-0.4, -0.2) is 11.9 Å². The van der Waals surface area contributed by atoms with E-state index >= 15 is 0 Å². The Balaban J connectivity index is 1.98. The van der Waals surface area contributed by atoms with Crippen molar-refractivity contribution in [2.24, 2.45) is 5.92 Å². The molecule has 5 heteroatoms. The molecule has 0 aromatic heterocycles. The van der Waals surface area contributed by atoms with E-state index in [2.05, 4.69) is 43.5 Å². The molecule has 0 bridgehead atoms. The SMILES string of the molecule is C=C(C)C(=O)Oc1ccc(N(c2ccc(OC(=O)C(C)C)cc2)c2cc(C)cc(C)c2)cc1. The first-order valence-corrected chi connectivity index (χ1v) is 10.8. The fourth-order valence-corrected chi connectivity index (χ4v) is 3.28. The molecule has 0 unspecified atom stereocenters. The second-order valence-corrected chi connectivity index (χ2v) is 8.41. The summed E-state index contributed by atoms with van der Waals surface area (Å²) in [6.07, 6.45) is 0. The molecule has 3 rings (SSSR count). The molecular weight excluding hydrogens is 414 g/mol. The second-order valence-electron chi connectivity index (χ2n) is 8.41. The van der Waals surface area contributed by atoms with Gasteiger partial charge in [0.1, 0.15) is 11.5 Å². The quantitative estimate of drug-likeness (QED) is 0.228. The van der Waals surface area contributed by atoms with Crippen LogP contribution in [0, 0.1) is 19.8 Å². The van der Waals surface area contributed by atoms with Crippen molar-refractivity contribution in [1.82, 2.24) is 0 Å². The maximum atomic E-state index is 11.9. The number of aryl methyl sites for hydroxylation is 2. The van der Waals surface area contributed by atoms with Gasteiger partial charge in [-0.15, -0.1) is 0 Å². The summed E-state index contributed by atoms with van der Waals surface area (Å²) in [6, 6.07) is 21.0. The van der Waals surface area contributed by atoms with Crippen LogP contribution in [-0.2, 0) is 9.59 Å². The number of benzene rings is 3. The lowest BCUT2D eigenvalue weighted by molar-refractivity contribution is -0.137. The molecule has 0 amide bonds. The first-order valence-electron chi connectivity index (χ1n) is 10.8. The maximum absolute atomic E-state index is 11.9. The van der Waals surface area contributed by atoms with Gasteiger partial charge >= 0.3 is 11.9 Å². The molecule has 0 saturated heterocycles. The number of carbonyl (C=O) groups is 2. The third-order valence-electron chi connectivity index (χ3n) is 4.90. The van der Waals surface area contributed by atoms with Gasteiger partial charge in [-0.05, 0) is 92.6 Å². The smallest absolute Gasteiger partial charge is 0.338 e. The van der Waals surface area contributed by atoms with Gasteiger partial charge in [0.15, 0.2) is 0 Å². The number of hydrogen-bond donors (Lipinski definition) is 0. The Hall–Kier alpha value is -3.86. The summed E-state index contributed by atoms with van der Waals surface area (Å²) in [6.45, 7) is 12.9. The molecule has 0 N–H and O–H groups in total. The Bertz CT molecular complexity index is 1140. The molecular formula is C28H29NO4. The molecule has 5 nitrogen and oxygen atoms in total. The lowest BCUT2D eigenvalue weighted by Crippen LogP contribution is -2.15. The minimum absolute atomic E-state index is 0.200. The highest BCUT2D eigenvalue weighted by Gasteiger charge is 2.15. The summed E-state index contributed by atoms with van der Waals surface area (Å²) >= 11 is 0. The molecule has 170 valence electrons. The van der Waals surface area contributed by atoms with Gasteiger partial charge < -0.3 is 14.4 Å². The molecule has 0 radical (unpaired) electrons. The summed E-state index contributed by atoms with van der Waals surface area (Å²) in [7, 11) is 0. The monoisotopic (exact) mass is 443 g/mol. The molecule has 0 aliphatic heterocycles. The third-order valence-corrected chi connectivity index (χ3v) is 4.90. The summed E-state index contributed by atoms with van der Waals surface area (Å²) in [4.78, 5) is 25.9. The maximum Gasteiger partial charge on any atom is 0.338 e. The van der Waals surface area contributed by atoms with Crippen LogP contribution in [0.2, 0.25) is 0 Å². The van der Waals surface area contributed by atoms with Crippen molar-refractivity contribution in [3.05, 3.63) is 90.0 Å². The van der Waals surface area contributed by atoms with Crippen molar-refractivity contribution < 1.29 is 19.1 Å². The lowest BCUT2D eigenvalue weighted by Gasteiger charge is -2.26. The first kappa shape index (κ1) is 23.8. The van der Waals surface area contributed by atoms with Gasteiger partial charge in [0.05, 0.1) is 5.92 Å². The first-order chi connectivity index (χ1) is 15.6. The molecule has 0 aliphatic carbocycles. The molecule has 0 saturated carbocycles. The van der Waals surface area contributed by atoms with Crippen LogP contribution >= 0.6 is 0 Å². The van der Waals surface area contributed by atoms with Crippen LogP contribution in [0.15, 0.2) is 78.9 Å². The Morgan fingerprint density at radius 1 is 0.758 bits per heavy atom. The normalized spacial score (nSPS) is 10.6. The van der Waals surface area contributed by atoms with Crippen LogP contribution < -0.4 is 14.4 Å². The predicted octanol–water partition coefficient (Wildman–Crippen LogP) is 6.82. The molecule has 3 aromatic rings. The van der Waals surface area contributed by atoms with Crippen LogP contribution in [0.25, 0.3) is 0 Å². The van der Waals surface area contributed by atoms with Crippen LogP contribution in [0.5, 0.6) is 11.5 Å². The summed E-state index contributed by atoms with van der Waals surface area (Å²) in [5.41, 5.74) is 5.41. The minimum atomic E-state index is -0.458. The highest BCUT2D eigenvalue weighted by molar-refractivity contribution is 5.89. The molecule has 0 aliphatic rings. The van der Waals surface area contributed by atoms with Crippen LogP contribution in [0.3, 0.4) is 0 Å². The van der Waals surface area contributed by atoms with E-state index in [-0.39, 0.29) is 11.9 Å². The van der Waals surface area contributed by atoms with Crippen molar-refractivity contribution in [2.75, 3.05) is 4.90 Å². The van der Waals surface area contributed by atoms with Crippen molar-refractivity contribution in [2.45, 2.75) is 34.6 Å². The van der Waals surface area contributed by atoms with Crippen molar-refractivity contribution in [3.8, 4) is 11.5 Å². The van der Waals surface area contributed by atoms with Gasteiger partial charge in [-0.25, -0.2) is 4.79 Å². The standard InChI is InChI=1S/C28H29NO4/c1-18(2)27(30)32-25-11-7-22(8-12-25)29(24-16-20(5)15-21(6)17-24)23-9-13-26(14-10-23)33-28(31)19(3)4/h7-17,19H,1H2,2-6H3. The molecule has 3 aromatic carbocycles. The fraction of sp³-hybridized carbons (Fsp3) is 0.214. The van der Waals surface area contributed by atoms with E-state index in [0.29, 0.717) is 17.1 Å². The van der Waals surface area contributed by atoms with Gasteiger partial charge in [-0.1, -0.05) is 26.5 Å². The molecule has 0 heterocycles. The van der Waals surface area contributed by atoms with Gasteiger partial charge in [-0.3, -0.25) is 4.79 Å². The number of ether oxygens (including phenoxy) is 2. The van der Waals surface area contributed by atoms with E-state index in [0.717, 1.165) is 28.2 Å². The highest BCUT2D eigenvalue weighted by atomic mass is 16.5. The number of hydrogen-bond acceptors (Lipinski definition) is 5. The van der Waals surface area contributed by atoms with Crippen LogP contribution in [0.4, 0.5) is 17.1 Å². The highest BCUT2D eigenvalue weighted by Crippen LogP contribution is 2.37. The molecule has 33 heavy (non-hydrogen) atoms. The van der Waals surface area contributed by atoms with E-state index in [1.165, 1.54) is 0 Å². The number of rotatable bonds is 7. The largest absolute Gasteiger partial charge is 0.426 e. The number of anilines is 3. The zero-order chi connectivity index (χ0) is 24.1. The summed E-state index contributed by atoms with van der Waals surface area (Å²) < 4.78 is 10.7. The predicted molar refractivity (Wildman–Crippen MR) is 132 cm³/mol. The van der Waals surface area contributed by atoms with E-state index in [1.807, 2.05) is 24.3 Å². The fourth-order valence-electron chi connectivity index (χ4n) is 3.28. The number of esters is 2. The summed E-state index contributed by atoms with van der Waals surface area (Å²) in [5.74, 6) is 0.0196. The number of nitrogens with zero attached hydrogens (tertiary/aromatic N) is 1. The average Bonchev–Trinajstić information content (AvgIpc) is 2.75. The number of carbonyl (C=O) groups excluding carboxylic acids is 2. The van der Waals surface area contributed by atoms with Gasteiger partial charge in [0.25, 0.3) is 0 Å². The Kier molecular flexibility index (Phi) is 7.34. The lowest BCUT2D eigenvalue weighted by atomic mass is 10.1. The van der Waals surface area contributed by atoms with E-state index < -0.39 is 5.97 Å². The molecule has 0 spiro atoms. The Labute approximate surface area is 195 Å². The molecule has 0 fully saturated rings. The van der Waals surface area contributed by atoms with E-state index in [9.17, 15) is 9.59 Å². The van der Waals surface area contributed by atoms with E-state index in [4.69, 9.17) is 9.47 Å².